The van der Waals surface area contributed by atoms with Crippen molar-refractivity contribution in [3.05, 3.63) is 64.8 Å². The molecule has 0 radical (unpaired) electrons. The maximum absolute atomic E-state index is 12.5. The van der Waals surface area contributed by atoms with Gasteiger partial charge in [0.15, 0.2) is 11.5 Å². The summed E-state index contributed by atoms with van der Waals surface area (Å²) < 4.78 is 53.3. The quantitative estimate of drug-likeness (QED) is 0.370. The number of anilines is 2. The molecule has 0 bridgehead atoms. The van der Waals surface area contributed by atoms with Gasteiger partial charge < -0.3 is 24.8 Å². The van der Waals surface area contributed by atoms with Crippen molar-refractivity contribution in [3.63, 3.8) is 0 Å². The van der Waals surface area contributed by atoms with Crippen LogP contribution in [-0.4, -0.2) is 23.0 Å². The predicted octanol–water partition coefficient (Wildman–Crippen LogP) is 6.89. The fraction of sp³-hybridized carbons (Fsp3) is 0.217. The molecule has 0 atom stereocenters. The topological polar surface area (TPSA) is 81.7 Å². The summed E-state index contributed by atoms with van der Waals surface area (Å²) in [6.07, 6.45) is -2.55. The van der Waals surface area contributed by atoms with Gasteiger partial charge in [-0.15, -0.1) is 13.2 Å². The lowest BCUT2D eigenvalue weighted by atomic mass is 10.0. The van der Waals surface area contributed by atoms with E-state index in [1.54, 1.807) is 12.1 Å². The van der Waals surface area contributed by atoms with Gasteiger partial charge in [0.1, 0.15) is 17.0 Å². The number of fused-ring (bicyclic) bond motifs is 1. The van der Waals surface area contributed by atoms with Gasteiger partial charge in [0.25, 0.3) is 0 Å². The average Bonchev–Trinajstić information content (AvgIpc) is 3.05. The lowest BCUT2D eigenvalue weighted by Gasteiger charge is -2.18. The summed E-state index contributed by atoms with van der Waals surface area (Å²) in [6, 6.07) is 11.3. The molecular formula is C23H19BrF3N3O4. The number of nitrogens with zero attached hydrogens (tertiary/aromatic N) is 1. The zero-order valence-electron chi connectivity index (χ0n) is 18.0. The van der Waals surface area contributed by atoms with Crippen LogP contribution < -0.4 is 24.8 Å². The second-order valence-electron chi connectivity index (χ2n) is 8.04. The van der Waals surface area contributed by atoms with Crippen molar-refractivity contribution < 1.29 is 32.2 Å². The number of carbonyl (C=O) groups is 1. The first-order chi connectivity index (χ1) is 16.0. The summed E-state index contributed by atoms with van der Waals surface area (Å²) in [5, 5.41) is 5.17. The van der Waals surface area contributed by atoms with Gasteiger partial charge in [0, 0.05) is 28.3 Å². The Balaban J connectivity index is 1.48. The molecule has 2 amide bonds. The van der Waals surface area contributed by atoms with Crippen LogP contribution in [0.15, 0.2) is 59.2 Å². The molecule has 1 aliphatic heterocycles. The molecule has 2 heterocycles. The Labute approximate surface area is 201 Å². The zero-order valence-corrected chi connectivity index (χ0v) is 19.6. The van der Waals surface area contributed by atoms with Crippen LogP contribution in [0.25, 0.3) is 0 Å². The Morgan fingerprint density at radius 3 is 2.59 bits per heavy atom. The highest BCUT2D eigenvalue weighted by molar-refractivity contribution is 9.10. The molecule has 0 saturated heterocycles. The third-order valence-corrected chi connectivity index (χ3v) is 5.11. The number of alkyl halides is 3. The van der Waals surface area contributed by atoms with E-state index in [2.05, 4.69) is 36.3 Å². The number of hydrogen-bond acceptors (Lipinski definition) is 5. The highest BCUT2D eigenvalue weighted by Gasteiger charge is 2.33. The van der Waals surface area contributed by atoms with Crippen LogP contribution in [0.2, 0.25) is 0 Å². The van der Waals surface area contributed by atoms with Crippen molar-refractivity contribution >= 4 is 33.3 Å². The van der Waals surface area contributed by atoms with Crippen LogP contribution in [0, 0.1) is 0 Å². The zero-order chi connectivity index (χ0) is 24.5. The molecule has 2 N–H and O–H groups in total. The van der Waals surface area contributed by atoms with Gasteiger partial charge in [-0.05, 0) is 66.2 Å². The van der Waals surface area contributed by atoms with Gasteiger partial charge in [-0.3, -0.25) is 0 Å². The summed E-state index contributed by atoms with van der Waals surface area (Å²) in [6.45, 7) is 3.96. The molecule has 178 valence electrons. The van der Waals surface area contributed by atoms with E-state index in [1.807, 2.05) is 26.0 Å². The van der Waals surface area contributed by atoms with Gasteiger partial charge in [-0.25, -0.2) is 9.78 Å². The van der Waals surface area contributed by atoms with E-state index in [0.29, 0.717) is 16.0 Å². The van der Waals surface area contributed by atoms with Gasteiger partial charge in [-0.1, -0.05) is 12.1 Å². The first-order valence-electron chi connectivity index (χ1n) is 10.1. The summed E-state index contributed by atoms with van der Waals surface area (Å²) in [5.41, 5.74) is 1.16. The summed E-state index contributed by atoms with van der Waals surface area (Å²) in [5.74, 6) is 0.815. The smallest absolute Gasteiger partial charge is 0.483 e. The minimum atomic E-state index is -4.80. The van der Waals surface area contributed by atoms with Crippen LogP contribution in [-0.2, 0) is 6.42 Å². The molecule has 0 saturated carbocycles. The van der Waals surface area contributed by atoms with Crippen molar-refractivity contribution in [2.24, 2.45) is 0 Å². The maximum atomic E-state index is 12.5. The van der Waals surface area contributed by atoms with Crippen LogP contribution in [0.3, 0.4) is 0 Å². The van der Waals surface area contributed by atoms with Crippen LogP contribution in [0.5, 0.6) is 23.1 Å². The lowest BCUT2D eigenvalue weighted by molar-refractivity contribution is -0.274. The number of nitrogens with one attached hydrogen (secondary N) is 2. The molecule has 4 rings (SSSR count). The molecule has 3 aromatic rings. The number of benzene rings is 2. The monoisotopic (exact) mass is 537 g/mol. The van der Waals surface area contributed by atoms with E-state index in [-0.39, 0.29) is 22.9 Å². The number of amides is 2. The molecule has 34 heavy (non-hydrogen) atoms. The third kappa shape index (κ3) is 5.90. The van der Waals surface area contributed by atoms with E-state index in [4.69, 9.17) is 9.47 Å². The SMILES string of the molecule is CC1(C)Cc2cccc(Oc3ncc(Br)cc3NC(=O)Nc3ccc(OC(F)(F)F)cc3)c2O1. The van der Waals surface area contributed by atoms with Gasteiger partial charge in [0.05, 0.1) is 0 Å². The Morgan fingerprint density at radius 1 is 1.15 bits per heavy atom. The number of para-hydroxylation sites is 1. The first kappa shape index (κ1) is 23.7. The largest absolute Gasteiger partial charge is 0.573 e. The molecule has 2 aromatic carbocycles. The summed E-state index contributed by atoms with van der Waals surface area (Å²) >= 11 is 3.31. The molecule has 1 aromatic heterocycles. The average molecular weight is 538 g/mol. The number of halogens is 4. The molecule has 7 nitrogen and oxygen atoms in total. The predicted molar refractivity (Wildman–Crippen MR) is 123 cm³/mol. The minimum Gasteiger partial charge on any atom is -0.483 e. The highest BCUT2D eigenvalue weighted by atomic mass is 79.9. The fourth-order valence-electron chi connectivity index (χ4n) is 3.39. The molecule has 0 unspecified atom stereocenters. The van der Waals surface area contributed by atoms with Crippen molar-refractivity contribution in [3.8, 4) is 23.1 Å². The number of rotatable bonds is 5. The molecule has 1 aliphatic rings. The second-order valence-corrected chi connectivity index (χ2v) is 8.96. The Morgan fingerprint density at radius 2 is 1.88 bits per heavy atom. The van der Waals surface area contributed by atoms with Crippen LogP contribution in [0.4, 0.5) is 29.3 Å². The normalized spacial score (nSPS) is 14.1. The third-order valence-electron chi connectivity index (χ3n) is 4.67. The molecule has 0 spiro atoms. The Kier molecular flexibility index (Phi) is 6.30. The second kappa shape index (κ2) is 9.05. The van der Waals surface area contributed by atoms with Gasteiger partial charge in [0.2, 0.25) is 5.88 Å². The van der Waals surface area contributed by atoms with Crippen molar-refractivity contribution in [1.82, 2.24) is 4.98 Å². The fourth-order valence-corrected chi connectivity index (χ4v) is 3.73. The number of carbonyl (C=O) groups excluding carboxylic acids is 1. The van der Waals surface area contributed by atoms with Crippen molar-refractivity contribution in [2.75, 3.05) is 10.6 Å². The summed E-state index contributed by atoms with van der Waals surface area (Å²) in [7, 11) is 0. The van der Waals surface area contributed by atoms with E-state index in [9.17, 15) is 18.0 Å². The van der Waals surface area contributed by atoms with E-state index in [1.165, 1.54) is 18.3 Å². The van der Waals surface area contributed by atoms with Crippen LogP contribution in [0.1, 0.15) is 19.4 Å². The number of hydrogen-bond donors (Lipinski definition) is 2. The number of pyridine rings is 1. The Hall–Kier alpha value is -3.47. The van der Waals surface area contributed by atoms with Crippen LogP contribution >= 0.6 is 15.9 Å². The van der Waals surface area contributed by atoms with E-state index in [0.717, 1.165) is 24.1 Å². The van der Waals surface area contributed by atoms with E-state index >= 15 is 0 Å². The molecular weight excluding hydrogens is 519 g/mol. The molecule has 11 heteroatoms. The van der Waals surface area contributed by atoms with Crippen molar-refractivity contribution in [2.45, 2.75) is 32.2 Å². The number of ether oxygens (including phenoxy) is 3. The molecule has 0 fully saturated rings. The first-order valence-corrected chi connectivity index (χ1v) is 10.8. The summed E-state index contributed by atoms with van der Waals surface area (Å²) in [4.78, 5) is 16.8. The highest BCUT2D eigenvalue weighted by Crippen LogP contribution is 2.44. The van der Waals surface area contributed by atoms with Gasteiger partial charge >= 0.3 is 12.4 Å². The lowest BCUT2D eigenvalue weighted by Crippen LogP contribution is -2.24. The van der Waals surface area contributed by atoms with Gasteiger partial charge in [-0.2, -0.15) is 0 Å². The molecule has 0 aliphatic carbocycles. The van der Waals surface area contributed by atoms with E-state index < -0.39 is 18.1 Å². The standard InChI is InChI=1S/C23H19BrF3N3O4/c1-22(2)11-13-4-3-5-18(19(13)34-22)32-20-17(10-14(24)12-28-20)30-21(31)29-15-6-8-16(9-7-15)33-23(25,26)27/h3-10,12H,11H2,1-2H3,(H2,29,30,31). The maximum Gasteiger partial charge on any atom is 0.573 e. The number of urea groups is 1. The Bertz CT molecular complexity index is 1220. The van der Waals surface area contributed by atoms with Crippen molar-refractivity contribution in [1.29, 1.82) is 0 Å². The number of aromatic nitrogens is 1. The minimum absolute atomic E-state index is 0.133.